The van der Waals surface area contributed by atoms with Gasteiger partial charge in [-0.3, -0.25) is 0 Å². The molecule has 0 radical (unpaired) electrons. The van der Waals surface area contributed by atoms with Gasteiger partial charge in [0.05, 0.1) is 0 Å². The predicted molar refractivity (Wildman–Crippen MR) is 162 cm³/mol. The largest absolute Gasteiger partial charge is 4.00 e. The van der Waals surface area contributed by atoms with Crippen molar-refractivity contribution in [3.8, 4) is 0 Å². The number of hydrogen-bond acceptors (Lipinski definition) is 0. The van der Waals surface area contributed by atoms with Crippen LogP contribution in [0.5, 0.6) is 0 Å². The molecule has 0 saturated carbocycles. The molecule has 0 saturated heterocycles. The van der Waals surface area contributed by atoms with Gasteiger partial charge in [-0.25, -0.2) is 12.1 Å². The van der Waals surface area contributed by atoms with E-state index in [0.29, 0.717) is 23.7 Å². The Balaban J connectivity index is 0.00000380. The fourth-order valence-electron chi connectivity index (χ4n) is 5.64. The van der Waals surface area contributed by atoms with Crippen molar-refractivity contribution < 1.29 is 58.9 Å². The van der Waals surface area contributed by atoms with E-state index in [0.717, 1.165) is 0 Å². The molecule has 0 heterocycles. The summed E-state index contributed by atoms with van der Waals surface area (Å²) in [7, 11) is -2.59. The first-order chi connectivity index (χ1) is 17.2. The Morgan fingerprint density at radius 2 is 0.825 bits per heavy atom. The van der Waals surface area contributed by atoms with Crippen LogP contribution in [0.2, 0.25) is 0 Å². The van der Waals surface area contributed by atoms with Crippen molar-refractivity contribution in [1.29, 1.82) is 0 Å². The summed E-state index contributed by atoms with van der Waals surface area (Å²) in [5.41, 5.74) is 5.74. The third kappa shape index (κ3) is 7.60. The van der Waals surface area contributed by atoms with Crippen LogP contribution in [0.15, 0.2) is 91.0 Å². The molecule has 0 bridgehead atoms. The molecule has 5 heteroatoms. The summed E-state index contributed by atoms with van der Waals surface area (Å²) in [5.74, 6) is 1.94. The molecule has 40 heavy (non-hydrogen) atoms. The molecule has 0 atom stereocenters. The van der Waals surface area contributed by atoms with E-state index in [4.69, 9.17) is 0 Å². The van der Waals surface area contributed by atoms with Gasteiger partial charge in [0.25, 0.3) is 0 Å². The van der Waals surface area contributed by atoms with Gasteiger partial charge in [0.15, 0.2) is 0 Å². The molecule has 4 rings (SSSR count). The Morgan fingerprint density at radius 1 is 0.475 bits per heavy atom. The van der Waals surface area contributed by atoms with Crippen LogP contribution in [0.3, 0.4) is 0 Å². The van der Waals surface area contributed by atoms with Gasteiger partial charge in [0.2, 0.25) is 0 Å². The summed E-state index contributed by atoms with van der Waals surface area (Å²) in [4.78, 5) is 0. The Hall–Kier alpha value is -1.19. The monoisotopic (exact) mass is 644 g/mol. The van der Waals surface area contributed by atoms with Gasteiger partial charge in [0, 0.05) is 0 Å². The van der Waals surface area contributed by atoms with Gasteiger partial charge >= 0.3 is 21.7 Å². The van der Waals surface area contributed by atoms with Crippen LogP contribution in [-0.4, -0.2) is 8.07 Å². The Kier molecular flexibility index (Phi) is 16.0. The molecule has 0 spiro atoms. The van der Waals surface area contributed by atoms with Gasteiger partial charge in [-0.2, -0.15) is 11.6 Å². The molecule has 0 fully saturated rings. The molecule has 0 amide bonds. The van der Waals surface area contributed by atoms with Gasteiger partial charge in [-0.1, -0.05) is 144 Å². The summed E-state index contributed by atoms with van der Waals surface area (Å²) in [5, 5.41) is 6.01. The zero-order chi connectivity index (χ0) is 26.0. The Labute approximate surface area is 278 Å². The van der Waals surface area contributed by atoms with E-state index >= 15 is 0 Å². The van der Waals surface area contributed by atoms with Crippen molar-refractivity contribution in [2.45, 2.75) is 79.1 Å². The maximum atomic E-state index is 2.53. The molecule has 0 N–H and O–H groups in total. The standard InChI is InChI=1S/C35H43Si.3ClH.Ti/c1-24(2)28-13-9-16-31(21-28)36(35-20-12-19-34(35)27(7)8,32-17-10-14-29(22-32)25(3)4)33-18-11-15-30(23-33)26(5)6;;;;/h9-27H,1-8H3;3*1H;/q-1;;;;+4/p-3. The minimum Gasteiger partial charge on any atom is -1.00 e. The molecule has 0 nitrogen and oxygen atoms in total. The molecule has 212 valence electrons. The average molecular weight is 646 g/mol. The van der Waals surface area contributed by atoms with Crippen molar-refractivity contribution in [3.63, 3.8) is 0 Å². The minimum absolute atomic E-state index is 0. The molecular formula is C35H43Cl3SiTi. The van der Waals surface area contributed by atoms with Gasteiger partial charge in [-0.15, -0.1) is 5.19 Å². The smallest absolute Gasteiger partial charge is 1.00 e. The molecular weight excluding hydrogens is 603 g/mol. The second-order valence-electron chi connectivity index (χ2n) is 11.6. The van der Waals surface area contributed by atoms with Crippen molar-refractivity contribution >= 4 is 28.8 Å². The number of hydrogen-bond donors (Lipinski definition) is 0. The van der Waals surface area contributed by atoms with Crippen LogP contribution in [-0.2, 0) is 21.7 Å². The van der Waals surface area contributed by atoms with E-state index in [2.05, 4.69) is 146 Å². The quantitative estimate of drug-likeness (QED) is 0.122. The third-order valence-corrected chi connectivity index (χ3v) is 12.6. The number of halogens is 3. The molecule has 4 aromatic carbocycles. The van der Waals surface area contributed by atoms with Crippen molar-refractivity contribution in [2.75, 3.05) is 0 Å². The van der Waals surface area contributed by atoms with Crippen LogP contribution in [0, 0.1) is 0 Å². The zero-order valence-electron chi connectivity index (χ0n) is 25.1. The SMILES string of the molecule is CC(C)c1cccc([Si](c2cccc(C(C)C)c2)(c2cccc(C(C)C)c2)[c-]2cccc2C(C)C)c1.[Cl-].[Cl-].[Cl-].[Ti+4]. The number of rotatable bonds is 8. The summed E-state index contributed by atoms with van der Waals surface area (Å²) >= 11 is 0. The average Bonchev–Trinajstić information content (AvgIpc) is 3.36. The van der Waals surface area contributed by atoms with Crippen molar-refractivity contribution in [2.24, 2.45) is 0 Å². The van der Waals surface area contributed by atoms with Crippen molar-refractivity contribution in [1.82, 2.24) is 0 Å². The Morgan fingerprint density at radius 3 is 1.12 bits per heavy atom. The van der Waals surface area contributed by atoms with Crippen molar-refractivity contribution in [3.05, 3.63) is 113 Å². The fraction of sp³-hybridized carbons (Fsp3) is 0.343. The van der Waals surface area contributed by atoms with E-state index in [1.807, 2.05) is 0 Å². The van der Waals surface area contributed by atoms with E-state index in [1.165, 1.54) is 37.8 Å². The summed E-state index contributed by atoms with van der Waals surface area (Å²) in [6, 6.07) is 35.7. The summed E-state index contributed by atoms with van der Waals surface area (Å²) in [6.45, 7) is 18.5. The van der Waals surface area contributed by atoms with Gasteiger partial charge < -0.3 is 37.2 Å². The fourth-order valence-corrected chi connectivity index (χ4v) is 10.9. The molecule has 0 aliphatic heterocycles. The molecule has 0 aromatic heterocycles. The molecule has 0 unspecified atom stereocenters. The first-order valence-electron chi connectivity index (χ1n) is 13.7. The Bertz CT molecular complexity index is 1200. The van der Waals surface area contributed by atoms with Gasteiger partial charge in [-0.05, 0) is 40.4 Å². The van der Waals surface area contributed by atoms with E-state index in [-0.39, 0.29) is 58.9 Å². The van der Waals surface area contributed by atoms with E-state index < -0.39 is 8.07 Å². The maximum Gasteiger partial charge on any atom is 4.00 e. The zero-order valence-corrected chi connectivity index (χ0v) is 29.9. The predicted octanol–water partition coefficient (Wildman–Crippen LogP) is -1.71. The topological polar surface area (TPSA) is 0 Å². The summed E-state index contributed by atoms with van der Waals surface area (Å²) < 4.78 is 0. The van der Waals surface area contributed by atoms with Crippen LogP contribution >= 0.6 is 0 Å². The second kappa shape index (κ2) is 16.4. The van der Waals surface area contributed by atoms with Crippen LogP contribution < -0.4 is 58.0 Å². The van der Waals surface area contributed by atoms with Crippen LogP contribution in [0.4, 0.5) is 0 Å². The first kappa shape index (κ1) is 38.8. The van der Waals surface area contributed by atoms with Gasteiger partial charge in [0.1, 0.15) is 8.07 Å². The van der Waals surface area contributed by atoms with Crippen LogP contribution in [0.1, 0.15) is 101 Å². The van der Waals surface area contributed by atoms with Crippen LogP contribution in [0.25, 0.3) is 0 Å². The third-order valence-electron chi connectivity index (χ3n) is 7.83. The second-order valence-corrected chi connectivity index (χ2v) is 15.4. The summed E-state index contributed by atoms with van der Waals surface area (Å²) in [6.07, 6.45) is 0. The minimum atomic E-state index is -2.59. The molecule has 0 aliphatic rings. The molecule has 0 aliphatic carbocycles. The normalized spacial score (nSPS) is 11.1. The van der Waals surface area contributed by atoms with E-state index in [9.17, 15) is 0 Å². The molecule has 4 aromatic rings. The maximum absolute atomic E-state index is 2.59. The number of benzene rings is 3. The van der Waals surface area contributed by atoms with E-state index in [1.54, 1.807) is 5.19 Å². The first-order valence-corrected chi connectivity index (χ1v) is 15.7.